The highest BCUT2D eigenvalue weighted by atomic mass is 16.5. The van der Waals surface area contributed by atoms with Gasteiger partial charge in [0, 0.05) is 38.8 Å². The molecule has 2 rings (SSSR count). The summed E-state index contributed by atoms with van der Waals surface area (Å²) in [7, 11) is 0. The highest BCUT2D eigenvalue weighted by Crippen LogP contribution is 1.98. The summed E-state index contributed by atoms with van der Waals surface area (Å²) >= 11 is 0. The van der Waals surface area contributed by atoms with Crippen molar-refractivity contribution in [2.75, 3.05) is 11.9 Å². The Morgan fingerprint density at radius 3 is 3.00 bits per heavy atom. The summed E-state index contributed by atoms with van der Waals surface area (Å²) < 4.78 is 6.52. The second kappa shape index (κ2) is 6.12. The van der Waals surface area contributed by atoms with Crippen molar-refractivity contribution in [1.82, 2.24) is 19.7 Å². The third-order valence-corrected chi connectivity index (χ3v) is 2.59. The number of nitrogens with one attached hydrogen (secondary N) is 1. The van der Waals surface area contributed by atoms with Gasteiger partial charge in [0.2, 0.25) is 5.89 Å². The van der Waals surface area contributed by atoms with Gasteiger partial charge in [-0.2, -0.15) is 4.98 Å². The number of rotatable bonds is 6. The molecular formula is C12H17N5O2. The molecule has 0 aliphatic carbocycles. The molecule has 0 unspecified atom stereocenters. The molecular weight excluding hydrogens is 246 g/mol. The van der Waals surface area contributed by atoms with Gasteiger partial charge in [-0.3, -0.25) is 4.79 Å². The first-order valence-electron chi connectivity index (χ1n) is 6.29. The van der Waals surface area contributed by atoms with Crippen LogP contribution in [0.2, 0.25) is 0 Å². The smallest absolute Gasteiger partial charge is 0.293 e. The Balaban J connectivity index is 1.96. The molecule has 0 spiro atoms. The molecule has 0 saturated heterocycles. The van der Waals surface area contributed by atoms with Gasteiger partial charge >= 0.3 is 0 Å². The summed E-state index contributed by atoms with van der Waals surface area (Å²) in [5.41, 5.74) is -0.103. The Kier molecular flexibility index (Phi) is 4.27. The molecule has 0 aliphatic rings. The zero-order valence-corrected chi connectivity index (χ0v) is 11.1. The number of anilines is 1. The molecule has 1 N–H and O–H groups in total. The summed E-state index contributed by atoms with van der Waals surface area (Å²) in [5, 5.41) is 6.79. The summed E-state index contributed by atoms with van der Waals surface area (Å²) in [6, 6.07) is 0. The molecule has 7 nitrogen and oxygen atoms in total. The second-order valence-corrected chi connectivity index (χ2v) is 4.18. The van der Waals surface area contributed by atoms with Gasteiger partial charge in [-0.25, -0.2) is 4.98 Å². The SMILES string of the molecule is CCCn1ccnc(NCCc2noc(C)n2)c1=O. The first kappa shape index (κ1) is 13.3. The standard InChI is InChI=1S/C12H17N5O2/c1-3-7-17-8-6-14-11(12(17)18)13-5-4-10-15-9(2)19-16-10/h6,8H,3-5,7H2,1-2H3,(H,13,14). The molecule has 7 heteroatoms. The molecule has 19 heavy (non-hydrogen) atoms. The first-order chi connectivity index (χ1) is 9.20. The van der Waals surface area contributed by atoms with E-state index in [1.165, 1.54) is 0 Å². The number of aromatic nitrogens is 4. The average Bonchev–Trinajstić information content (AvgIpc) is 2.80. The van der Waals surface area contributed by atoms with Gasteiger partial charge in [0.1, 0.15) is 0 Å². The van der Waals surface area contributed by atoms with Crippen molar-refractivity contribution in [3.05, 3.63) is 34.5 Å². The minimum absolute atomic E-state index is 0.103. The lowest BCUT2D eigenvalue weighted by Crippen LogP contribution is -2.25. The molecule has 0 fully saturated rings. The monoisotopic (exact) mass is 263 g/mol. The van der Waals surface area contributed by atoms with Gasteiger partial charge in [0.05, 0.1) is 0 Å². The van der Waals surface area contributed by atoms with Crippen LogP contribution in [0.4, 0.5) is 5.82 Å². The van der Waals surface area contributed by atoms with E-state index in [-0.39, 0.29) is 5.56 Å². The Hall–Kier alpha value is -2.18. The van der Waals surface area contributed by atoms with Crippen LogP contribution in [0.3, 0.4) is 0 Å². The van der Waals surface area contributed by atoms with Crippen LogP contribution in [0.25, 0.3) is 0 Å². The van der Waals surface area contributed by atoms with Crippen molar-refractivity contribution in [1.29, 1.82) is 0 Å². The summed E-state index contributed by atoms with van der Waals surface area (Å²) in [6.45, 7) is 5.00. The van der Waals surface area contributed by atoms with E-state index in [4.69, 9.17) is 4.52 Å². The van der Waals surface area contributed by atoms with E-state index in [0.29, 0.717) is 37.0 Å². The fraction of sp³-hybridized carbons (Fsp3) is 0.500. The highest BCUT2D eigenvalue weighted by Gasteiger charge is 2.05. The molecule has 2 aromatic rings. The Bertz CT molecular complexity index is 590. The number of hydrogen-bond acceptors (Lipinski definition) is 6. The van der Waals surface area contributed by atoms with Crippen LogP contribution in [-0.2, 0) is 13.0 Å². The third-order valence-electron chi connectivity index (χ3n) is 2.59. The van der Waals surface area contributed by atoms with Crippen molar-refractivity contribution in [2.24, 2.45) is 0 Å². The van der Waals surface area contributed by atoms with E-state index in [0.717, 1.165) is 6.42 Å². The van der Waals surface area contributed by atoms with Gasteiger partial charge in [0.25, 0.3) is 5.56 Å². The van der Waals surface area contributed by atoms with E-state index < -0.39 is 0 Å². The van der Waals surface area contributed by atoms with E-state index >= 15 is 0 Å². The molecule has 0 radical (unpaired) electrons. The van der Waals surface area contributed by atoms with Crippen molar-refractivity contribution in [2.45, 2.75) is 33.2 Å². The Morgan fingerprint density at radius 1 is 1.47 bits per heavy atom. The molecule has 0 aliphatic heterocycles. The van der Waals surface area contributed by atoms with Crippen molar-refractivity contribution < 1.29 is 4.52 Å². The number of nitrogens with zero attached hydrogens (tertiary/aromatic N) is 4. The van der Waals surface area contributed by atoms with Crippen LogP contribution < -0.4 is 10.9 Å². The second-order valence-electron chi connectivity index (χ2n) is 4.18. The third kappa shape index (κ3) is 3.40. The van der Waals surface area contributed by atoms with Crippen LogP contribution in [0, 0.1) is 6.92 Å². The van der Waals surface area contributed by atoms with Crippen LogP contribution in [0.15, 0.2) is 21.7 Å². The van der Waals surface area contributed by atoms with Gasteiger partial charge in [0.15, 0.2) is 11.6 Å². The fourth-order valence-corrected chi connectivity index (χ4v) is 1.72. The minimum Gasteiger partial charge on any atom is -0.365 e. The van der Waals surface area contributed by atoms with Crippen molar-refractivity contribution in [3.63, 3.8) is 0 Å². The quantitative estimate of drug-likeness (QED) is 0.836. The molecule has 102 valence electrons. The Morgan fingerprint density at radius 2 is 2.32 bits per heavy atom. The van der Waals surface area contributed by atoms with Gasteiger partial charge in [-0.15, -0.1) is 0 Å². The maximum atomic E-state index is 12.0. The van der Waals surface area contributed by atoms with E-state index in [2.05, 4.69) is 20.4 Å². The highest BCUT2D eigenvalue weighted by molar-refractivity contribution is 5.30. The zero-order chi connectivity index (χ0) is 13.7. The molecule has 0 atom stereocenters. The predicted molar refractivity (Wildman–Crippen MR) is 70.0 cm³/mol. The normalized spacial score (nSPS) is 10.6. The van der Waals surface area contributed by atoms with Crippen molar-refractivity contribution in [3.8, 4) is 0 Å². The molecule has 2 heterocycles. The van der Waals surface area contributed by atoms with Crippen LogP contribution in [0.1, 0.15) is 25.1 Å². The first-order valence-corrected chi connectivity index (χ1v) is 6.29. The fourth-order valence-electron chi connectivity index (χ4n) is 1.72. The lowest BCUT2D eigenvalue weighted by Gasteiger charge is -2.07. The van der Waals surface area contributed by atoms with E-state index in [1.54, 1.807) is 23.9 Å². The lowest BCUT2D eigenvalue weighted by molar-refractivity contribution is 0.387. The minimum atomic E-state index is -0.103. The average molecular weight is 263 g/mol. The molecule has 0 bridgehead atoms. The van der Waals surface area contributed by atoms with Crippen molar-refractivity contribution >= 4 is 5.82 Å². The van der Waals surface area contributed by atoms with Crippen LogP contribution in [-0.4, -0.2) is 26.2 Å². The molecule has 0 amide bonds. The van der Waals surface area contributed by atoms with Gasteiger partial charge in [-0.05, 0) is 6.42 Å². The van der Waals surface area contributed by atoms with E-state index in [1.807, 2.05) is 6.92 Å². The molecule has 0 saturated carbocycles. The molecule has 0 aromatic carbocycles. The van der Waals surface area contributed by atoms with E-state index in [9.17, 15) is 4.79 Å². The topological polar surface area (TPSA) is 85.8 Å². The summed E-state index contributed by atoms with van der Waals surface area (Å²) in [5.74, 6) is 1.52. The lowest BCUT2D eigenvalue weighted by atomic mass is 10.4. The zero-order valence-electron chi connectivity index (χ0n) is 11.1. The van der Waals surface area contributed by atoms with Gasteiger partial charge < -0.3 is 14.4 Å². The molecule has 2 aromatic heterocycles. The maximum absolute atomic E-state index is 12.0. The summed E-state index contributed by atoms with van der Waals surface area (Å²) in [4.78, 5) is 20.1. The number of aryl methyl sites for hydroxylation is 2. The number of hydrogen-bond donors (Lipinski definition) is 1. The van der Waals surface area contributed by atoms with Crippen LogP contribution in [0.5, 0.6) is 0 Å². The van der Waals surface area contributed by atoms with Crippen LogP contribution >= 0.6 is 0 Å². The largest absolute Gasteiger partial charge is 0.365 e. The predicted octanol–water partition coefficient (Wildman–Crippen LogP) is 0.999. The Labute approximate surface area is 110 Å². The maximum Gasteiger partial charge on any atom is 0.293 e. The van der Waals surface area contributed by atoms with Gasteiger partial charge in [-0.1, -0.05) is 12.1 Å². The summed E-state index contributed by atoms with van der Waals surface area (Å²) in [6.07, 6.45) is 4.81.